The van der Waals surface area contributed by atoms with Gasteiger partial charge >= 0.3 is 0 Å². The number of nitrogen functional groups attached to an aromatic ring is 1. The van der Waals surface area contributed by atoms with E-state index < -0.39 is 0 Å². The Hall–Kier alpha value is -5.42. The molecule has 43 heavy (non-hydrogen) atoms. The number of nitrogens with zero attached hydrogens (tertiary/aromatic N) is 6. The van der Waals surface area contributed by atoms with Gasteiger partial charge in [0.2, 0.25) is 5.91 Å². The third kappa shape index (κ3) is 4.50. The number of aromatic nitrogens is 6. The highest BCUT2D eigenvalue weighted by Gasteiger charge is 2.21. The van der Waals surface area contributed by atoms with E-state index in [1.54, 1.807) is 9.25 Å². The zero-order valence-corrected chi connectivity index (χ0v) is 24.4. The first-order valence-corrected chi connectivity index (χ1v) is 14.5. The molecule has 0 radical (unpaired) electrons. The summed E-state index contributed by atoms with van der Waals surface area (Å²) < 4.78 is 4.43. The van der Waals surface area contributed by atoms with Gasteiger partial charge in [-0.05, 0) is 54.6 Å². The van der Waals surface area contributed by atoms with Crippen LogP contribution in [-0.4, -0.2) is 35.2 Å². The van der Waals surface area contributed by atoms with Crippen LogP contribution in [-0.2, 0) is 11.3 Å². The zero-order valence-electron chi connectivity index (χ0n) is 23.6. The van der Waals surface area contributed by atoms with Crippen molar-refractivity contribution in [1.29, 1.82) is 0 Å². The average molecular weight is 587 g/mol. The molecule has 0 aliphatic heterocycles. The van der Waals surface area contributed by atoms with Crippen molar-refractivity contribution in [3.63, 3.8) is 0 Å². The van der Waals surface area contributed by atoms with E-state index in [-0.39, 0.29) is 18.0 Å². The lowest BCUT2D eigenvalue weighted by Crippen LogP contribution is -2.25. The average Bonchev–Trinajstić information content (AvgIpc) is 3.54. The van der Waals surface area contributed by atoms with E-state index in [9.17, 15) is 9.59 Å². The molecule has 10 nitrogen and oxygen atoms in total. The summed E-state index contributed by atoms with van der Waals surface area (Å²) in [7, 11) is 0. The lowest BCUT2D eigenvalue weighted by molar-refractivity contribution is -0.114. The van der Waals surface area contributed by atoms with Crippen LogP contribution in [0.1, 0.15) is 23.7 Å². The summed E-state index contributed by atoms with van der Waals surface area (Å²) in [4.78, 5) is 39.0. The molecule has 0 unspecified atom stereocenters. The molecule has 0 atom stereocenters. The number of nitrogens with two attached hydrogens (primary N) is 1. The summed E-state index contributed by atoms with van der Waals surface area (Å²) in [5.74, 6) is 0.127. The second kappa shape index (κ2) is 10.1. The maximum atomic E-state index is 14.1. The van der Waals surface area contributed by atoms with Crippen LogP contribution in [0.15, 0.2) is 77.9 Å². The monoisotopic (exact) mass is 586 g/mol. The van der Waals surface area contributed by atoms with E-state index in [0.717, 1.165) is 43.7 Å². The van der Waals surface area contributed by atoms with Gasteiger partial charge in [-0.25, -0.2) is 19.6 Å². The summed E-state index contributed by atoms with van der Waals surface area (Å²) in [5.41, 5.74) is 12.5. The Balaban J connectivity index is 1.43. The Morgan fingerprint density at radius 2 is 1.79 bits per heavy atom. The zero-order chi connectivity index (χ0) is 29.8. The van der Waals surface area contributed by atoms with Gasteiger partial charge in [0.25, 0.3) is 5.56 Å². The van der Waals surface area contributed by atoms with Crippen LogP contribution >= 0.6 is 11.3 Å². The summed E-state index contributed by atoms with van der Waals surface area (Å²) in [6, 6.07) is 21.5. The number of carbonyl (C=O) groups excluding carboxylic acids is 1. The Morgan fingerprint density at radius 3 is 2.60 bits per heavy atom. The number of anilines is 2. The lowest BCUT2D eigenvalue weighted by Gasteiger charge is -2.17. The number of para-hydroxylation sites is 1. The van der Waals surface area contributed by atoms with Crippen molar-refractivity contribution in [1.82, 2.24) is 29.3 Å². The Kier molecular flexibility index (Phi) is 6.24. The van der Waals surface area contributed by atoms with Gasteiger partial charge in [-0.1, -0.05) is 53.8 Å². The Bertz CT molecular complexity index is 2300. The van der Waals surface area contributed by atoms with Gasteiger partial charge < -0.3 is 11.1 Å². The van der Waals surface area contributed by atoms with E-state index in [0.29, 0.717) is 33.1 Å². The van der Waals surface area contributed by atoms with Gasteiger partial charge in [-0.2, -0.15) is 5.10 Å². The number of rotatable bonds is 5. The predicted octanol–water partition coefficient (Wildman–Crippen LogP) is 5.61. The minimum absolute atomic E-state index is 0.0867. The van der Waals surface area contributed by atoms with Gasteiger partial charge in [0.1, 0.15) is 17.8 Å². The molecule has 1 amide bonds. The van der Waals surface area contributed by atoms with Gasteiger partial charge in [0.15, 0.2) is 10.8 Å². The highest BCUT2D eigenvalue weighted by molar-refractivity contribution is 7.22. The Labute approximate surface area is 249 Å². The Morgan fingerprint density at radius 1 is 0.977 bits per heavy atom. The van der Waals surface area contributed by atoms with Crippen molar-refractivity contribution < 1.29 is 4.79 Å². The molecular formula is C32H26N8O2S. The molecule has 4 heterocycles. The number of hydrogen-bond donors (Lipinski definition) is 2. The summed E-state index contributed by atoms with van der Waals surface area (Å²) >= 11 is 1.38. The van der Waals surface area contributed by atoms with Crippen molar-refractivity contribution >= 4 is 60.2 Å². The second-order valence-corrected chi connectivity index (χ2v) is 11.5. The number of carbonyl (C=O) groups is 1. The molecule has 3 aromatic carbocycles. The van der Waals surface area contributed by atoms with Crippen molar-refractivity contribution in [3.05, 3.63) is 100 Å². The van der Waals surface area contributed by atoms with Crippen LogP contribution in [0.5, 0.6) is 0 Å². The molecular weight excluding hydrogens is 560 g/mol. The number of fused-ring (bicyclic) bond motifs is 3. The molecule has 3 N–H and O–H groups in total. The van der Waals surface area contributed by atoms with Crippen LogP contribution in [0.4, 0.5) is 10.9 Å². The largest absolute Gasteiger partial charge is 0.383 e. The number of hydrogen-bond acceptors (Lipinski definition) is 8. The molecule has 0 aliphatic carbocycles. The molecule has 0 saturated heterocycles. The van der Waals surface area contributed by atoms with E-state index in [1.807, 2.05) is 80.6 Å². The minimum atomic E-state index is -0.179. The quantitative estimate of drug-likeness (QED) is 0.268. The van der Waals surface area contributed by atoms with Crippen molar-refractivity contribution in [2.24, 2.45) is 0 Å². The fraction of sp³-hybridized carbons (Fsp3) is 0.125. The molecule has 4 aromatic heterocycles. The minimum Gasteiger partial charge on any atom is -0.383 e. The van der Waals surface area contributed by atoms with Crippen LogP contribution in [0.2, 0.25) is 0 Å². The maximum Gasteiger partial charge on any atom is 0.263 e. The standard InChI is InChI=1S/C32H26N8O2S/c1-17-7-4-5-10-24(17)40-22(13-20-9-6-8-18(2)26(20)31(40)42)15-39-30-27(29(33)34-16-35-30)28(38-39)21-11-12-23-25(14-21)43-32(37-23)36-19(3)41/h4-14,16H,15H2,1-3H3,(H2,33,34,35)(H,36,37,41). The van der Waals surface area contributed by atoms with Crippen molar-refractivity contribution in [2.75, 3.05) is 11.1 Å². The normalized spacial score (nSPS) is 11.5. The van der Waals surface area contributed by atoms with Gasteiger partial charge in [0, 0.05) is 18.2 Å². The molecule has 11 heteroatoms. The summed E-state index contributed by atoms with van der Waals surface area (Å²) in [6.07, 6.45) is 1.42. The molecule has 0 bridgehead atoms. The molecule has 0 spiro atoms. The van der Waals surface area contributed by atoms with Crippen LogP contribution in [0.3, 0.4) is 0 Å². The maximum absolute atomic E-state index is 14.1. The first-order valence-electron chi connectivity index (χ1n) is 13.6. The molecule has 7 aromatic rings. The smallest absolute Gasteiger partial charge is 0.263 e. The van der Waals surface area contributed by atoms with Gasteiger partial charge in [-0.3, -0.25) is 14.2 Å². The molecule has 0 fully saturated rings. The van der Waals surface area contributed by atoms with E-state index in [2.05, 4.69) is 20.3 Å². The highest BCUT2D eigenvalue weighted by Crippen LogP contribution is 2.35. The first kappa shape index (κ1) is 26.5. The molecule has 7 rings (SSSR count). The van der Waals surface area contributed by atoms with Gasteiger partial charge in [0.05, 0.1) is 33.2 Å². The SMILES string of the molecule is CC(=O)Nc1nc2ccc(-c3nn(Cc4cc5cccc(C)c5c(=O)n4-c4ccccc4C)c4ncnc(N)c34)cc2s1. The highest BCUT2D eigenvalue weighted by atomic mass is 32.1. The fourth-order valence-electron chi connectivity index (χ4n) is 5.56. The van der Waals surface area contributed by atoms with Crippen LogP contribution in [0.25, 0.3) is 49.0 Å². The predicted molar refractivity (Wildman–Crippen MR) is 171 cm³/mol. The topological polar surface area (TPSA) is 134 Å². The van der Waals surface area contributed by atoms with Crippen molar-refractivity contribution in [3.8, 4) is 16.9 Å². The molecule has 212 valence electrons. The molecule has 0 saturated carbocycles. The third-order valence-electron chi connectivity index (χ3n) is 7.50. The number of benzene rings is 3. The number of aryl methyl sites for hydroxylation is 2. The summed E-state index contributed by atoms with van der Waals surface area (Å²) in [5, 5.41) is 10.4. The lowest BCUT2D eigenvalue weighted by atomic mass is 10.1. The van der Waals surface area contributed by atoms with Crippen molar-refractivity contribution in [2.45, 2.75) is 27.3 Å². The number of amides is 1. The molecule has 0 aliphatic rings. The number of nitrogens with one attached hydrogen (secondary N) is 1. The first-order chi connectivity index (χ1) is 20.8. The van der Waals surface area contributed by atoms with E-state index in [4.69, 9.17) is 10.8 Å². The third-order valence-corrected chi connectivity index (χ3v) is 8.44. The van der Waals surface area contributed by atoms with E-state index >= 15 is 0 Å². The van der Waals surface area contributed by atoms with Crippen LogP contribution in [0, 0.1) is 13.8 Å². The fourth-order valence-corrected chi connectivity index (χ4v) is 6.51. The second-order valence-electron chi connectivity index (χ2n) is 10.4. The number of pyridine rings is 1. The van der Waals surface area contributed by atoms with Gasteiger partial charge in [-0.15, -0.1) is 0 Å². The van der Waals surface area contributed by atoms with E-state index in [1.165, 1.54) is 24.6 Å². The van der Waals surface area contributed by atoms with Crippen LogP contribution < -0.4 is 16.6 Å². The summed E-state index contributed by atoms with van der Waals surface area (Å²) in [6.45, 7) is 5.66. The number of thiazole rings is 1.